The van der Waals surface area contributed by atoms with Crippen molar-refractivity contribution in [2.24, 2.45) is 0 Å². The number of rotatable bonds is 0. The van der Waals surface area contributed by atoms with Crippen molar-refractivity contribution in [3.63, 3.8) is 0 Å². The molecule has 0 spiro atoms. The Balaban J connectivity index is 5.28. The minimum atomic E-state index is -2.33. The van der Waals surface area contributed by atoms with Crippen LogP contribution in [0.3, 0.4) is 0 Å². The van der Waals surface area contributed by atoms with Crippen LogP contribution in [0.4, 0.5) is 24.0 Å². The summed E-state index contributed by atoms with van der Waals surface area (Å²) in [5, 5.41) is 33.0. The Morgan fingerprint density at radius 2 is 0.750 bits per heavy atom. The summed E-state index contributed by atoms with van der Waals surface area (Å²) in [7, 11) is 0. The molecule has 88 valence electrons. The fraction of sp³-hybridized carbons (Fsp3) is 0. The third-order valence-electron chi connectivity index (χ3n) is 1.15. The number of carbonyl (C=O) groups is 5. The molecule has 0 aromatic rings. The summed E-state index contributed by atoms with van der Waals surface area (Å²) in [5.74, 6) is 0. The number of hydrogen-bond acceptors (Lipinski definition) is 5. The predicted molar refractivity (Wildman–Crippen MR) is 41.2 cm³/mol. The van der Waals surface area contributed by atoms with E-state index in [1.807, 2.05) is 0 Å². The smallest absolute Gasteiger partial charge is 0.425 e. The van der Waals surface area contributed by atoms with Crippen molar-refractivity contribution in [2.75, 3.05) is 0 Å². The molecule has 11 nitrogen and oxygen atoms in total. The summed E-state index contributed by atoms with van der Waals surface area (Å²) in [6.45, 7) is 0. The average Bonchev–Trinajstić information content (AvgIpc) is 1.99. The molecule has 0 heterocycles. The summed E-state index contributed by atoms with van der Waals surface area (Å²) < 4.78 is 0. The molecule has 0 bridgehead atoms. The maximum atomic E-state index is 10.9. The summed E-state index contributed by atoms with van der Waals surface area (Å²) in [6.07, 6.45) is -9.31. The van der Waals surface area contributed by atoms with E-state index in [0.29, 0.717) is 0 Å². The van der Waals surface area contributed by atoms with E-state index in [9.17, 15) is 24.0 Å². The van der Waals surface area contributed by atoms with Gasteiger partial charge in [0.1, 0.15) is 0 Å². The van der Waals surface area contributed by atoms with Gasteiger partial charge in [-0.25, -0.2) is 24.0 Å². The lowest BCUT2D eigenvalue weighted by Gasteiger charge is -2.16. The maximum Gasteiger partial charge on any atom is 0.425 e. The first-order chi connectivity index (χ1) is 7.20. The average molecular weight is 236 g/mol. The van der Waals surface area contributed by atoms with Gasteiger partial charge in [0.15, 0.2) is 0 Å². The van der Waals surface area contributed by atoms with Crippen LogP contribution < -0.4 is 0 Å². The molecule has 0 atom stereocenters. The molecular weight excluding hydrogens is 232 g/mol. The zero-order valence-corrected chi connectivity index (χ0v) is 7.22. The van der Waals surface area contributed by atoms with E-state index in [0.717, 1.165) is 0 Å². The Bertz CT molecular complexity index is 312. The third-order valence-corrected chi connectivity index (χ3v) is 1.15. The molecule has 0 saturated carbocycles. The van der Waals surface area contributed by atoms with Gasteiger partial charge in [0.25, 0.3) is 0 Å². The Hall–Kier alpha value is -2.85. The van der Waals surface area contributed by atoms with E-state index >= 15 is 0 Å². The summed E-state index contributed by atoms with van der Waals surface area (Å²) >= 11 is 0. The second-order valence-electron chi connectivity index (χ2n) is 2.08. The highest BCUT2D eigenvalue weighted by molar-refractivity contribution is 6.14. The van der Waals surface area contributed by atoms with Gasteiger partial charge >= 0.3 is 30.4 Å². The molecule has 0 unspecified atom stereocenters. The number of urea groups is 1. The summed E-state index contributed by atoms with van der Waals surface area (Å²) in [4.78, 5) is 49.9. The first kappa shape index (κ1) is 13.1. The van der Waals surface area contributed by atoms with Gasteiger partial charge in [-0.3, -0.25) is 0 Å². The van der Waals surface area contributed by atoms with Gasteiger partial charge in [0.05, 0.1) is 0 Å². The largest absolute Gasteiger partial charge is 0.464 e. The third kappa shape index (κ3) is 2.57. The van der Waals surface area contributed by atoms with Gasteiger partial charge in [-0.1, -0.05) is 0 Å². The lowest BCUT2D eigenvalue weighted by atomic mass is 10.6. The number of amides is 6. The van der Waals surface area contributed by atoms with Crippen LogP contribution in [0.25, 0.3) is 0 Å². The summed E-state index contributed by atoms with van der Waals surface area (Å²) in [5.41, 5.74) is 0. The lowest BCUT2D eigenvalue weighted by Crippen LogP contribution is -2.52. The van der Waals surface area contributed by atoms with Gasteiger partial charge in [0.2, 0.25) is 0 Å². The Morgan fingerprint density at radius 1 is 0.562 bits per heavy atom. The molecule has 0 radical (unpaired) electrons. The van der Waals surface area contributed by atoms with Gasteiger partial charge < -0.3 is 20.4 Å². The molecule has 0 aromatic carbocycles. The van der Waals surface area contributed by atoms with Crippen molar-refractivity contribution in [1.29, 1.82) is 0 Å². The SMILES string of the molecule is O=C(O)N(C(=O)O)C(=O)N(C(=O)O)C(=O)O. The molecule has 4 N–H and O–H groups in total. The Morgan fingerprint density at radius 3 is 0.875 bits per heavy atom. The van der Waals surface area contributed by atoms with Crippen molar-refractivity contribution in [3.8, 4) is 0 Å². The minimum Gasteiger partial charge on any atom is -0.464 e. The lowest BCUT2D eigenvalue weighted by molar-refractivity contribution is 0.105. The second kappa shape index (κ2) is 4.59. The molecule has 16 heavy (non-hydrogen) atoms. The monoisotopic (exact) mass is 236 g/mol. The van der Waals surface area contributed by atoms with Crippen molar-refractivity contribution < 1.29 is 44.4 Å². The van der Waals surface area contributed by atoms with Crippen molar-refractivity contribution in [2.45, 2.75) is 0 Å². The number of carbonyl (C=O) groups excluding carboxylic acids is 1. The fourth-order valence-electron chi connectivity index (χ4n) is 0.591. The molecule has 0 aliphatic rings. The highest BCUT2D eigenvalue weighted by Gasteiger charge is 2.39. The van der Waals surface area contributed by atoms with Crippen LogP contribution in [-0.4, -0.2) is 60.6 Å². The van der Waals surface area contributed by atoms with E-state index in [-0.39, 0.29) is 0 Å². The van der Waals surface area contributed by atoms with Gasteiger partial charge in [-0.05, 0) is 0 Å². The topological polar surface area (TPSA) is 173 Å². The van der Waals surface area contributed by atoms with E-state index < -0.39 is 40.2 Å². The van der Waals surface area contributed by atoms with Gasteiger partial charge in [0, 0.05) is 0 Å². The number of hydrogen-bond donors (Lipinski definition) is 4. The van der Waals surface area contributed by atoms with E-state index in [2.05, 4.69) is 0 Å². The van der Waals surface area contributed by atoms with Crippen LogP contribution in [-0.2, 0) is 0 Å². The van der Waals surface area contributed by atoms with Crippen molar-refractivity contribution in [3.05, 3.63) is 0 Å². The molecule has 0 rings (SSSR count). The molecule has 0 aromatic heterocycles. The molecular formula is C5H4N2O9. The molecule has 0 aliphatic heterocycles. The van der Waals surface area contributed by atoms with E-state index in [1.54, 1.807) is 0 Å². The minimum absolute atomic E-state index is 0.984. The van der Waals surface area contributed by atoms with E-state index in [4.69, 9.17) is 20.4 Å². The highest BCUT2D eigenvalue weighted by Crippen LogP contribution is 2.02. The quantitative estimate of drug-likeness (QED) is 0.464. The molecule has 0 fully saturated rings. The molecule has 11 heteroatoms. The molecule has 0 saturated heterocycles. The van der Waals surface area contributed by atoms with Crippen molar-refractivity contribution >= 4 is 30.4 Å². The Labute approximate surface area is 85.7 Å². The van der Waals surface area contributed by atoms with Crippen molar-refractivity contribution in [1.82, 2.24) is 9.80 Å². The zero-order chi connectivity index (χ0) is 13.0. The number of imide groups is 6. The first-order valence-corrected chi connectivity index (χ1v) is 3.26. The van der Waals surface area contributed by atoms with E-state index in [1.165, 1.54) is 0 Å². The van der Waals surface area contributed by atoms with Gasteiger partial charge in [-0.2, -0.15) is 0 Å². The van der Waals surface area contributed by atoms with Crippen LogP contribution in [0, 0.1) is 0 Å². The standard InChI is InChI=1S/C5H4N2O9/c8-1(6(2(9)10)3(11)12)7(4(13)14)5(15)16/h(H,9,10)(H,11,12)(H,13,14)(H,15,16). The first-order valence-electron chi connectivity index (χ1n) is 3.26. The fourth-order valence-corrected chi connectivity index (χ4v) is 0.591. The summed E-state index contributed by atoms with van der Waals surface area (Å²) in [6, 6.07) is -2.25. The maximum absolute atomic E-state index is 10.9. The molecule has 6 amide bonds. The van der Waals surface area contributed by atoms with Crippen LogP contribution in [0.5, 0.6) is 0 Å². The predicted octanol–water partition coefficient (Wildman–Crippen LogP) is 0.422. The van der Waals surface area contributed by atoms with Gasteiger partial charge in [-0.15, -0.1) is 9.80 Å². The zero-order valence-electron chi connectivity index (χ0n) is 7.22. The van der Waals surface area contributed by atoms with Crippen LogP contribution >= 0.6 is 0 Å². The Kier molecular flexibility index (Phi) is 3.77. The van der Waals surface area contributed by atoms with Crippen LogP contribution in [0.15, 0.2) is 0 Å². The second-order valence-corrected chi connectivity index (χ2v) is 2.08. The normalized spacial score (nSPS) is 9.00. The van der Waals surface area contributed by atoms with Crippen LogP contribution in [0.1, 0.15) is 0 Å². The van der Waals surface area contributed by atoms with Crippen LogP contribution in [0.2, 0.25) is 0 Å². The molecule has 0 aliphatic carbocycles. The highest BCUT2D eigenvalue weighted by atomic mass is 16.5. The number of carboxylic acid groups (broad SMARTS) is 4. The number of nitrogens with zero attached hydrogens (tertiary/aromatic N) is 2.